The number of nitrogens with zero attached hydrogens (tertiary/aromatic N) is 5. The number of hydrogen-bond acceptors (Lipinski definition) is 6. The third-order valence-electron chi connectivity index (χ3n) is 2.74. The lowest BCUT2D eigenvalue weighted by Crippen LogP contribution is -2.22. The van der Waals surface area contributed by atoms with E-state index in [0.29, 0.717) is 17.3 Å². The molecule has 2 aromatic rings. The molecule has 0 saturated carbocycles. The second kappa shape index (κ2) is 6.21. The number of nitrogen functional groups attached to an aromatic ring is 1. The summed E-state index contributed by atoms with van der Waals surface area (Å²) in [5.74, 6) is 1.14. The molecule has 112 valence electrons. The smallest absolute Gasteiger partial charge is 0.273 e. The molecular formula is C13H19N7O. The molecule has 0 radical (unpaired) electrons. The summed E-state index contributed by atoms with van der Waals surface area (Å²) in [5.41, 5.74) is 6.05. The van der Waals surface area contributed by atoms with Gasteiger partial charge in [0.1, 0.15) is 5.82 Å². The van der Waals surface area contributed by atoms with Gasteiger partial charge in [0.2, 0.25) is 5.95 Å². The van der Waals surface area contributed by atoms with E-state index in [-0.39, 0.29) is 11.9 Å². The first-order valence-corrected chi connectivity index (χ1v) is 6.67. The molecule has 0 aliphatic carbocycles. The molecule has 0 aromatic carbocycles. The van der Waals surface area contributed by atoms with Gasteiger partial charge in [-0.2, -0.15) is 15.1 Å². The molecule has 8 nitrogen and oxygen atoms in total. The minimum absolute atomic E-state index is 0.155. The Morgan fingerprint density at radius 3 is 2.86 bits per heavy atom. The van der Waals surface area contributed by atoms with Crippen LogP contribution in [-0.2, 0) is 0 Å². The van der Waals surface area contributed by atoms with Gasteiger partial charge in [0.15, 0.2) is 11.5 Å². The Kier molecular flexibility index (Phi) is 4.36. The van der Waals surface area contributed by atoms with Crippen LogP contribution in [0.25, 0.3) is 5.82 Å². The third kappa shape index (κ3) is 3.47. The lowest BCUT2D eigenvalue weighted by atomic mass is 10.4. The number of carbonyl (C=O) groups is 1. The summed E-state index contributed by atoms with van der Waals surface area (Å²) < 4.78 is 1.51. The molecule has 0 atom stereocenters. The maximum atomic E-state index is 11.8. The molecule has 2 aromatic heterocycles. The van der Waals surface area contributed by atoms with Gasteiger partial charge in [-0.25, -0.2) is 4.68 Å². The lowest BCUT2D eigenvalue weighted by Gasteiger charge is -2.08. The average Bonchev–Trinajstić information content (AvgIpc) is 2.93. The number of anilines is 2. The third-order valence-corrected chi connectivity index (χ3v) is 2.74. The summed E-state index contributed by atoms with van der Waals surface area (Å²) in [6.45, 7) is 2.85. The average molecular weight is 289 g/mol. The number of aromatic nitrogens is 4. The number of nitrogens with one attached hydrogen (secondary N) is 1. The zero-order chi connectivity index (χ0) is 15.4. The minimum Gasteiger partial charge on any atom is -0.370 e. The number of hydrogen-bond donors (Lipinski definition) is 2. The van der Waals surface area contributed by atoms with Crippen LogP contribution >= 0.6 is 0 Å². The topological polar surface area (TPSA) is 102 Å². The fraction of sp³-hybridized carbons (Fsp3) is 0.385. The first-order chi connectivity index (χ1) is 10.0. The zero-order valence-corrected chi connectivity index (χ0v) is 12.4. The first-order valence-electron chi connectivity index (χ1n) is 6.67. The summed E-state index contributed by atoms with van der Waals surface area (Å²) in [7, 11) is 3.35. The summed E-state index contributed by atoms with van der Waals surface area (Å²) in [4.78, 5) is 21.6. The van der Waals surface area contributed by atoms with Gasteiger partial charge in [0, 0.05) is 32.9 Å². The van der Waals surface area contributed by atoms with Crippen LogP contribution in [0.4, 0.5) is 11.8 Å². The van der Waals surface area contributed by atoms with Crippen LogP contribution < -0.4 is 11.1 Å². The zero-order valence-electron chi connectivity index (χ0n) is 12.4. The van der Waals surface area contributed by atoms with Crippen molar-refractivity contribution in [3.8, 4) is 5.82 Å². The molecule has 21 heavy (non-hydrogen) atoms. The van der Waals surface area contributed by atoms with Crippen LogP contribution in [0, 0.1) is 0 Å². The van der Waals surface area contributed by atoms with Gasteiger partial charge in [-0.15, -0.1) is 0 Å². The highest BCUT2D eigenvalue weighted by atomic mass is 16.2. The van der Waals surface area contributed by atoms with Gasteiger partial charge in [0.05, 0.1) is 0 Å². The van der Waals surface area contributed by atoms with Gasteiger partial charge < -0.3 is 16.0 Å². The van der Waals surface area contributed by atoms with Crippen molar-refractivity contribution in [1.82, 2.24) is 24.6 Å². The number of nitrogens with two attached hydrogens (primary N) is 1. The highest BCUT2D eigenvalue weighted by Gasteiger charge is 2.13. The Morgan fingerprint density at radius 2 is 2.19 bits per heavy atom. The molecule has 0 aliphatic rings. The molecule has 1 amide bonds. The van der Waals surface area contributed by atoms with Crippen molar-refractivity contribution < 1.29 is 4.79 Å². The second-order valence-electron chi connectivity index (χ2n) is 4.74. The quantitative estimate of drug-likeness (QED) is 0.843. The van der Waals surface area contributed by atoms with Gasteiger partial charge in [-0.3, -0.25) is 4.79 Å². The Balaban J connectivity index is 2.29. The normalized spacial score (nSPS) is 10.4. The van der Waals surface area contributed by atoms with Crippen LogP contribution in [0.5, 0.6) is 0 Å². The molecule has 0 fully saturated rings. The Bertz CT molecular complexity index is 635. The SMILES string of the molecule is CCCNc1cc(-n2ccc(C(=O)N(C)C)n2)nc(N)n1. The Labute approximate surface area is 123 Å². The number of amides is 1. The summed E-state index contributed by atoms with van der Waals surface area (Å²) in [6.07, 6.45) is 2.64. The number of rotatable bonds is 5. The maximum Gasteiger partial charge on any atom is 0.273 e. The van der Waals surface area contributed by atoms with Crippen molar-refractivity contribution >= 4 is 17.7 Å². The Hall–Kier alpha value is -2.64. The van der Waals surface area contributed by atoms with Crippen molar-refractivity contribution in [1.29, 1.82) is 0 Å². The highest BCUT2D eigenvalue weighted by Crippen LogP contribution is 2.12. The van der Waals surface area contributed by atoms with E-state index in [2.05, 4.69) is 27.3 Å². The molecule has 0 unspecified atom stereocenters. The molecule has 8 heteroatoms. The minimum atomic E-state index is -0.167. The predicted molar refractivity (Wildman–Crippen MR) is 80.4 cm³/mol. The number of carbonyl (C=O) groups excluding carboxylic acids is 1. The van der Waals surface area contributed by atoms with Gasteiger partial charge in [-0.1, -0.05) is 6.92 Å². The Morgan fingerprint density at radius 1 is 1.43 bits per heavy atom. The summed E-state index contributed by atoms with van der Waals surface area (Å²) in [6, 6.07) is 3.38. The van der Waals surface area contributed by atoms with E-state index in [0.717, 1.165) is 13.0 Å². The van der Waals surface area contributed by atoms with Crippen molar-refractivity contribution in [2.75, 3.05) is 31.7 Å². The van der Waals surface area contributed by atoms with Crippen molar-refractivity contribution in [2.24, 2.45) is 0 Å². The van der Waals surface area contributed by atoms with Gasteiger partial charge in [0.25, 0.3) is 5.91 Å². The molecule has 0 spiro atoms. The van der Waals surface area contributed by atoms with Crippen LogP contribution in [0.2, 0.25) is 0 Å². The van der Waals surface area contributed by atoms with Crippen LogP contribution in [0.15, 0.2) is 18.3 Å². The second-order valence-corrected chi connectivity index (χ2v) is 4.74. The molecular weight excluding hydrogens is 270 g/mol. The maximum absolute atomic E-state index is 11.8. The lowest BCUT2D eigenvalue weighted by molar-refractivity contribution is 0.0821. The monoisotopic (exact) mass is 289 g/mol. The van der Waals surface area contributed by atoms with E-state index in [9.17, 15) is 4.79 Å². The summed E-state index contributed by atoms with van der Waals surface area (Å²) in [5, 5.41) is 7.36. The van der Waals surface area contributed by atoms with Gasteiger partial charge >= 0.3 is 0 Å². The summed E-state index contributed by atoms with van der Waals surface area (Å²) >= 11 is 0. The fourth-order valence-electron chi connectivity index (χ4n) is 1.71. The molecule has 3 N–H and O–H groups in total. The first kappa shape index (κ1) is 14.8. The largest absolute Gasteiger partial charge is 0.370 e. The van der Waals surface area contributed by atoms with E-state index in [1.54, 1.807) is 32.4 Å². The van der Waals surface area contributed by atoms with Crippen molar-refractivity contribution in [3.63, 3.8) is 0 Å². The van der Waals surface area contributed by atoms with E-state index >= 15 is 0 Å². The predicted octanol–water partition coefficient (Wildman–Crippen LogP) is 0.768. The van der Waals surface area contributed by atoms with Crippen LogP contribution in [-0.4, -0.2) is 51.2 Å². The van der Waals surface area contributed by atoms with Crippen LogP contribution in [0.1, 0.15) is 23.8 Å². The van der Waals surface area contributed by atoms with Crippen molar-refractivity contribution in [3.05, 3.63) is 24.0 Å². The molecule has 0 aliphatic heterocycles. The van der Waals surface area contributed by atoms with Crippen LogP contribution in [0.3, 0.4) is 0 Å². The van der Waals surface area contributed by atoms with E-state index in [4.69, 9.17) is 5.73 Å². The van der Waals surface area contributed by atoms with E-state index in [1.807, 2.05) is 0 Å². The van der Waals surface area contributed by atoms with E-state index < -0.39 is 0 Å². The molecule has 2 heterocycles. The fourth-order valence-corrected chi connectivity index (χ4v) is 1.71. The van der Waals surface area contributed by atoms with E-state index in [1.165, 1.54) is 9.58 Å². The van der Waals surface area contributed by atoms with Gasteiger partial charge in [-0.05, 0) is 12.5 Å². The van der Waals surface area contributed by atoms with Crippen molar-refractivity contribution in [2.45, 2.75) is 13.3 Å². The highest BCUT2D eigenvalue weighted by molar-refractivity contribution is 5.91. The molecule has 2 rings (SSSR count). The molecule has 0 saturated heterocycles. The molecule has 0 bridgehead atoms. The standard InChI is InChI=1S/C13H19N7O/c1-4-6-15-10-8-11(17-13(14)16-10)20-7-5-9(18-20)12(21)19(2)3/h5,7-8H,4,6H2,1-3H3,(H3,14,15,16,17).